The summed E-state index contributed by atoms with van der Waals surface area (Å²) in [6.45, 7) is 17.9. The highest BCUT2D eigenvalue weighted by Gasteiger charge is 2.28. The van der Waals surface area contributed by atoms with Gasteiger partial charge in [0, 0.05) is 32.5 Å². The number of phenols is 1. The Morgan fingerprint density at radius 2 is 1.30 bits per heavy atom. The molecule has 0 unspecified atom stereocenters. The van der Waals surface area contributed by atoms with E-state index < -0.39 is 71.2 Å². The van der Waals surface area contributed by atoms with Gasteiger partial charge in [-0.05, 0) is 117 Å². The first-order valence-corrected chi connectivity index (χ1v) is 20.3. The van der Waals surface area contributed by atoms with E-state index in [2.05, 4.69) is 81.4 Å². The maximum absolute atomic E-state index is 12.3. The Morgan fingerprint density at radius 1 is 0.583 bits per heavy atom. The molecule has 0 bridgehead atoms. The van der Waals surface area contributed by atoms with Gasteiger partial charge in [0.1, 0.15) is 11.6 Å². The van der Waals surface area contributed by atoms with Crippen LogP contribution in [0, 0.1) is 13.8 Å². The van der Waals surface area contributed by atoms with Crippen molar-refractivity contribution in [2.75, 3.05) is 0 Å². The van der Waals surface area contributed by atoms with Gasteiger partial charge in [-0.3, -0.25) is 9.55 Å². The number of aromatic hydroxyl groups is 1. The second kappa shape index (κ2) is 15.1. The molecular weight excluding hydrogens is 731 g/mol. The number of phenolic OH excluding ortho intramolecular Hbond substituents is 1. The first-order chi connectivity index (χ1) is 32.5. The van der Waals surface area contributed by atoms with Crippen LogP contribution in [0.5, 0.6) is 5.75 Å². The van der Waals surface area contributed by atoms with E-state index in [4.69, 9.17) is 17.3 Å². The monoisotopic (exact) mass is 798 g/mol. The Labute approximate surface area is 370 Å². The Balaban J connectivity index is 1.46. The molecular formula is C56H57N3O. The Morgan fingerprint density at radius 3 is 1.98 bits per heavy atom. The molecule has 0 amide bonds. The van der Waals surface area contributed by atoms with Gasteiger partial charge in [-0.25, -0.2) is 4.98 Å². The van der Waals surface area contributed by atoms with Crippen LogP contribution in [-0.2, 0) is 16.2 Å². The lowest BCUT2D eigenvalue weighted by atomic mass is 9.83. The van der Waals surface area contributed by atoms with Crippen LogP contribution in [0.4, 0.5) is 0 Å². The van der Waals surface area contributed by atoms with E-state index in [1.807, 2.05) is 94.4 Å². The molecule has 8 aromatic rings. The summed E-state index contributed by atoms with van der Waals surface area (Å²) in [4.78, 5) is 9.95. The lowest BCUT2D eigenvalue weighted by Gasteiger charge is -2.24. The summed E-state index contributed by atoms with van der Waals surface area (Å²) < 4.78 is 88.1. The third-order valence-corrected chi connectivity index (χ3v) is 11.0. The zero-order valence-electron chi connectivity index (χ0n) is 46.0. The number of imidazole rings is 1. The van der Waals surface area contributed by atoms with E-state index in [1.165, 1.54) is 0 Å². The van der Waals surface area contributed by atoms with Crippen LogP contribution in [0.3, 0.4) is 0 Å². The fraction of sp³-hybridized carbons (Fsp3) is 0.250. The normalized spacial score (nSPS) is 14.9. The van der Waals surface area contributed by atoms with Crippen molar-refractivity contribution in [1.29, 1.82) is 0 Å². The number of pyridine rings is 1. The molecule has 0 spiro atoms. The smallest absolute Gasteiger partial charge is 0.149 e. The largest absolute Gasteiger partial charge is 0.507 e. The summed E-state index contributed by atoms with van der Waals surface area (Å²) in [6, 6.07) is 28.3. The van der Waals surface area contributed by atoms with E-state index in [0.29, 0.717) is 28.0 Å². The quantitative estimate of drug-likeness (QED) is 0.182. The van der Waals surface area contributed by atoms with Gasteiger partial charge >= 0.3 is 0 Å². The summed E-state index contributed by atoms with van der Waals surface area (Å²) >= 11 is 0. The second-order valence-corrected chi connectivity index (χ2v) is 18.7. The summed E-state index contributed by atoms with van der Waals surface area (Å²) in [5.41, 5.74) is 7.62. The van der Waals surface area contributed by atoms with Crippen LogP contribution < -0.4 is 0 Å². The Bertz CT molecular complexity index is 3380. The minimum absolute atomic E-state index is 0.0377. The molecule has 0 aliphatic rings. The average molecular weight is 798 g/mol. The van der Waals surface area contributed by atoms with Crippen molar-refractivity contribution in [1.82, 2.24) is 14.5 Å². The highest BCUT2D eigenvalue weighted by atomic mass is 16.3. The van der Waals surface area contributed by atoms with Gasteiger partial charge in [0.2, 0.25) is 0 Å². The molecule has 8 rings (SSSR count). The molecule has 0 aliphatic heterocycles. The van der Waals surface area contributed by atoms with E-state index in [-0.39, 0.29) is 22.4 Å². The fourth-order valence-electron chi connectivity index (χ4n) is 7.69. The molecule has 1 N–H and O–H groups in total. The second-order valence-electron chi connectivity index (χ2n) is 18.7. The van der Waals surface area contributed by atoms with Gasteiger partial charge in [-0.2, -0.15) is 0 Å². The van der Waals surface area contributed by atoms with Crippen LogP contribution in [0.25, 0.3) is 72.7 Å². The number of aryl methyl sites for hydroxylation is 1. The molecule has 2 heterocycles. The number of aromatic nitrogens is 3. The first kappa shape index (κ1) is 29.9. The molecule has 0 radical (unpaired) electrons. The van der Waals surface area contributed by atoms with Crippen LogP contribution >= 0.6 is 0 Å². The van der Waals surface area contributed by atoms with E-state index >= 15 is 0 Å². The molecule has 4 heteroatoms. The van der Waals surface area contributed by atoms with Crippen molar-refractivity contribution < 1.29 is 18.8 Å². The van der Waals surface area contributed by atoms with E-state index in [9.17, 15) is 6.48 Å². The highest BCUT2D eigenvalue weighted by Crippen LogP contribution is 2.45. The SMILES string of the molecule is [2H]c1nc(-c2cc(-c3cccc4c3nc(-c3cc(C)cc(C(C)(C)C)c3O)n4-c3ccc(C(C)(C)C)cc3-c3ccccc3)cc(C(C)(C)C)c2)c([2H])c(-c2c([2H])c([2H])c(C([2H])([2H])[2H])c([2H])c2[2H])c1[2H]. The number of rotatable bonds is 6. The first-order valence-electron chi connectivity index (χ1n) is 25.3. The van der Waals surface area contributed by atoms with Crippen molar-refractivity contribution in [2.24, 2.45) is 0 Å². The van der Waals surface area contributed by atoms with Crippen molar-refractivity contribution in [3.63, 3.8) is 0 Å². The molecule has 0 saturated heterocycles. The lowest BCUT2D eigenvalue weighted by Crippen LogP contribution is -2.13. The Kier molecular flexibility index (Phi) is 7.51. The highest BCUT2D eigenvalue weighted by molar-refractivity contribution is 5.98. The number of fused-ring (bicyclic) bond motifs is 1. The Hall–Kier alpha value is -6.26. The van der Waals surface area contributed by atoms with Gasteiger partial charge in [0.05, 0.1) is 37.6 Å². The number of para-hydroxylation sites is 1. The van der Waals surface area contributed by atoms with Crippen molar-refractivity contribution in [3.05, 3.63) is 167 Å². The number of nitrogens with zero attached hydrogens (tertiary/aromatic N) is 3. The third-order valence-electron chi connectivity index (χ3n) is 11.0. The molecule has 302 valence electrons. The maximum atomic E-state index is 12.3. The molecule has 0 aliphatic carbocycles. The summed E-state index contributed by atoms with van der Waals surface area (Å²) in [5.74, 6) is 0.653. The zero-order chi connectivity index (χ0) is 51.3. The fourth-order valence-corrected chi connectivity index (χ4v) is 7.69. The minimum atomic E-state index is -2.96. The molecule has 4 nitrogen and oxygen atoms in total. The molecule has 2 aromatic heterocycles. The molecule has 60 heavy (non-hydrogen) atoms. The summed E-state index contributed by atoms with van der Waals surface area (Å²) in [6.07, 6.45) is -0.565. The average Bonchev–Trinajstić information content (AvgIpc) is 3.66. The maximum Gasteiger partial charge on any atom is 0.149 e. The van der Waals surface area contributed by atoms with Gasteiger partial charge < -0.3 is 5.11 Å². The number of hydrogen-bond donors (Lipinski definition) is 1. The molecule has 0 fully saturated rings. The van der Waals surface area contributed by atoms with Crippen molar-refractivity contribution in [2.45, 2.75) is 92.3 Å². The van der Waals surface area contributed by atoms with Crippen LogP contribution in [0.2, 0.25) is 0 Å². The molecule has 0 saturated carbocycles. The molecule has 0 atom stereocenters. The van der Waals surface area contributed by atoms with E-state index in [1.54, 1.807) is 0 Å². The standard InChI is InChI=1S/C56H57N3O/c1-35-20-22-37(23-21-35)39-26-27-57-48(33-39)41-30-40(31-43(32-41)55(6,7)8)44-18-15-19-50-51(44)58-53(46-28-36(2)29-47(52(46)60)56(9,10)11)59(50)49-25-24-42(54(3,4)5)34-45(49)38-16-13-12-14-17-38/h12-34,60H,1-11H3/i1D3,20D,21D,22D,23D,26D,27D,33D. The lowest BCUT2D eigenvalue weighted by molar-refractivity contribution is 0.448. The zero-order valence-corrected chi connectivity index (χ0v) is 36.0. The van der Waals surface area contributed by atoms with E-state index in [0.717, 1.165) is 50.1 Å². The van der Waals surface area contributed by atoms with Gasteiger partial charge in [-0.1, -0.05) is 153 Å². The van der Waals surface area contributed by atoms with Gasteiger partial charge in [0.15, 0.2) is 0 Å². The summed E-state index contributed by atoms with van der Waals surface area (Å²) in [5, 5.41) is 12.3. The minimum Gasteiger partial charge on any atom is -0.507 e. The predicted molar refractivity (Wildman–Crippen MR) is 253 cm³/mol. The van der Waals surface area contributed by atoms with Crippen molar-refractivity contribution >= 4 is 11.0 Å². The van der Waals surface area contributed by atoms with Gasteiger partial charge in [0.25, 0.3) is 0 Å². The topological polar surface area (TPSA) is 50.9 Å². The number of hydrogen-bond acceptors (Lipinski definition) is 3. The van der Waals surface area contributed by atoms with Crippen LogP contribution in [-0.4, -0.2) is 19.6 Å². The third kappa shape index (κ3) is 7.79. The van der Waals surface area contributed by atoms with Crippen LogP contribution in [0.1, 0.15) is 104 Å². The van der Waals surface area contributed by atoms with Crippen molar-refractivity contribution in [3.8, 4) is 67.5 Å². The summed E-state index contributed by atoms with van der Waals surface area (Å²) in [7, 11) is 0. The van der Waals surface area contributed by atoms with Gasteiger partial charge in [-0.15, -0.1) is 0 Å². The number of benzene rings is 6. The molecule has 6 aromatic carbocycles. The predicted octanol–water partition coefficient (Wildman–Crippen LogP) is 15.0. The van der Waals surface area contributed by atoms with Crippen LogP contribution in [0.15, 0.2) is 139 Å².